The lowest BCUT2D eigenvalue weighted by molar-refractivity contribution is 0.208. The lowest BCUT2D eigenvalue weighted by atomic mass is 9.99. The van der Waals surface area contributed by atoms with E-state index in [4.69, 9.17) is 0 Å². The molecule has 0 bridgehead atoms. The standard InChI is InChI=1S/C14H22N4O/c1-17-6-4-13-12(9-17)7-14(16-15-13)18-5-2-3-11(8-18)10-19/h7,11,19H,2-6,8-10H2,1H3. The van der Waals surface area contributed by atoms with Gasteiger partial charge in [-0.25, -0.2) is 0 Å². The van der Waals surface area contributed by atoms with Crippen LogP contribution in [0.1, 0.15) is 24.1 Å². The summed E-state index contributed by atoms with van der Waals surface area (Å²) in [6.07, 6.45) is 3.25. The number of anilines is 1. The van der Waals surface area contributed by atoms with Crippen molar-refractivity contribution in [1.82, 2.24) is 15.1 Å². The van der Waals surface area contributed by atoms with Gasteiger partial charge in [0.05, 0.1) is 5.69 Å². The summed E-state index contributed by atoms with van der Waals surface area (Å²) in [7, 11) is 2.14. The van der Waals surface area contributed by atoms with Crippen LogP contribution in [-0.4, -0.2) is 53.5 Å². The molecule has 104 valence electrons. The minimum atomic E-state index is 0.275. The minimum absolute atomic E-state index is 0.275. The third-order valence-electron chi connectivity index (χ3n) is 4.22. The smallest absolute Gasteiger partial charge is 0.151 e. The fourth-order valence-electron chi connectivity index (χ4n) is 3.03. The number of piperidine rings is 1. The summed E-state index contributed by atoms with van der Waals surface area (Å²) in [6, 6.07) is 2.19. The van der Waals surface area contributed by atoms with Gasteiger partial charge in [-0.05, 0) is 37.4 Å². The van der Waals surface area contributed by atoms with Crippen molar-refractivity contribution in [3.63, 3.8) is 0 Å². The molecule has 1 aromatic heterocycles. The summed E-state index contributed by atoms with van der Waals surface area (Å²) >= 11 is 0. The minimum Gasteiger partial charge on any atom is -0.396 e. The second-order valence-corrected chi connectivity index (χ2v) is 5.80. The van der Waals surface area contributed by atoms with E-state index in [-0.39, 0.29) is 6.61 Å². The molecule has 0 aromatic carbocycles. The van der Waals surface area contributed by atoms with E-state index in [0.717, 1.165) is 57.0 Å². The summed E-state index contributed by atoms with van der Waals surface area (Å²) in [5.74, 6) is 1.36. The molecule has 0 saturated carbocycles. The molecule has 0 amide bonds. The molecule has 0 aliphatic carbocycles. The highest BCUT2D eigenvalue weighted by Crippen LogP contribution is 2.24. The Morgan fingerprint density at radius 2 is 2.26 bits per heavy atom. The van der Waals surface area contributed by atoms with E-state index in [1.165, 1.54) is 5.56 Å². The monoisotopic (exact) mass is 262 g/mol. The summed E-state index contributed by atoms with van der Waals surface area (Å²) in [5, 5.41) is 18.1. The van der Waals surface area contributed by atoms with E-state index in [2.05, 4.69) is 33.1 Å². The summed E-state index contributed by atoms with van der Waals surface area (Å²) < 4.78 is 0. The van der Waals surface area contributed by atoms with Gasteiger partial charge in [0.25, 0.3) is 0 Å². The molecule has 2 aliphatic rings. The maximum atomic E-state index is 9.31. The van der Waals surface area contributed by atoms with Gasteiger partial charge in [0.1, 0.15) is 0 Å². The van der Waals surface area contributed by atoms with E-state index in [1.54, 1.807) is 0 Å². The number of likely N-dealkylation sites (N-methyl/N-ethyl adjacent to an activating group) is 1. The van der Waals surface area contributed by atoms with Crippen LogP contribution in [0.15, 0.2) is 6.07 Å². The molecule has 1 fully saturated rings. The van der Waals surface area contributed by atoms with Gasteiger partial charge >= 0.3 is 0 Å². The number of fused-ring (bicyclic) bond motifs is 1. The van der Waals surface area contributed by atoms with E-state index < -0.39 is 0 Å². The van der Waals surface area contributed by atoms with Crippen molar-refractivity contribution in [3.8, 4) is 0 Å². The first-order valence-electron chi connectivity index (χ1n) is 7.16. The molecule has 3 heterocycles. The average molecular weight is 262 g/mol. The number of hydrogen-bond donors (Lipinski definition) is 1. The lowest BCUT2D eigenvalue weighted by Crippen LogP contribution is -2.38. The topological polar surface area (TPSA) is 52.5 Å². The fraction of sp³-hybridized carbons (Fsp3) is 0.714. The fourth-order valence-corrected chi connectivity index (χ4v) is 3.03. The van der Waals surface area contributed by atoms with Crippen LogP contribution in [0.25, 0.3) is 0 Å². The van der Waals surface area contributed by atoms with Crippen LogP contribution in [0.5, 0.6) is 0 Å². The zero-order valence-corrected chi connectivity index (χ0v) is 11.5. The van der Waals surface area contributed by atoms with Crippen molar-refractivity contribution < 1.29 is 5.11 Å². The van der Waals surface area contributed by atoms with Gasteiger partial charge in [-0.3, -0.25) is 0 Å². The van der Waals surface area contributed by atoms with Gasteiger partial charge in [0.2, 0.25) is 0 Å². The molecule has 1 unspecified atom stereocenters. The third kappa shape index (κ3) is 2.72. The largest absolute Gasteiger partial charge is 0.396 e. The molecule has 1 atom stereocenters. The van der Waals surface area contributed by atoms with E-state index >= 15 is 0 Å². The number of hydrogen-bond acceptors (Lipinski definition) is 5. The molecule has 5 nitrogen and oxygen atoms in total. The highest BCUT2D eigenvalue weighted by molar-refractivity contribution is 5.42. The van der Waals surface area contributed by atoms with Crippen LogP contribution in [0.2, 0.25) is 0 Å². The Labute approximate surface area is 114 Å². The Hall–Kier alpha value is -1.20. The first kappa shape index (κ1) is 12.8. The number of nitrogens with zero attached hydrogens (tertiary/aromatic N) is 4. The van der Waals surface area contributed by atoms with Gasteiger partial charge in [-0.15, -0.1) is 5.10 Å². The van der Waals surface area contributed by atoms with Crippen LogP contribution in [0.3, 0.4) is 0 Å². The maximum absolute atomic E-state index is 9.31. The van der Waals surface area contributed by atoms with Crippen molar-refractivity contribution in [2.45, 2.75) is 25.8 Å². The van der Waals surface area contributed by atoms with Gasteiger partial charge in [-0.2, -0.15) is 5.10 Å². The van der Waals surface area contributed by atoms with Crippen molar-refractivity contribution in [2.75, 3.05) is 38.2 Å². The Balaban J connectivity index is 1.79. The second kappa shape index (κ2) is 5.43. The predicted octanol–water partition coefficient (Wildman–Crippen LogP) is 0.673. The van der Waals surface area contributed by atoms with Crippen molar-refractivity contribution in [3.05, 3.63) is 17.3 Å². The number of aromatic nitrogens is 2. The Morgan fingerprint density at radius 1 is 1.37 bits per heavy atom. The maximum Gasteiger partial charge on any atom is 0.151 e. The molecule has 0 spiro atoms. The average Bonchev–Trinajstić information content (AvgIpc) is 2.46. The lowest BCUT2D eigenvalue weighted by Gasteiger charge is -2.33. The SMILES string of the molecule is CN1CCc2nnc(N3CCCC(CO)C3)cc2C1. The van der Waals surface area contributed by atoms with E-state index in [9.17, 15) is 5.11 Å². The van der Waals surface area contributed by atoms with Crippen LogP contribution >= 0.6 is 0 Å². The molecular weight excluding hydrogens is 240 g/mol. The Kier molecular flexibility index (Phi) is 3.66. The van der Waals surface area contributed by atoms with Crippen LogP contribution in [-0.2, 0) is 13.0 Å². The predicted molar refractivity (Wildman–Crippen MR) is 74.1 cm³/mol. The molecule has 0 radical (unpaired) electrons. The normalized spacial score (nSPS) is 24.3. The first-order chi connectivity index (χ1) is 9.26. The molecule has 3 rings (SSSR count). The van der Waals surface area contributed by atoms with E-state index in [1.807, 2.05) is 0 Å². The number of rotatable bonds is 2. The zero-order chi connectivity index (χ0) is 13.2. The zero-order valence-electron chi connectivity index (χ0n) is 11.5. The molecule has 1 N–H and O–H groups in total. The van der Waals surface area contributed by atoms with Crippen molar-refractivity contribution >= 4 is 5.82 Å². The van der Waals surface area contributed by atoms with Crippen molar-refractivity contribution in [2.24, 2.45) is 5.92 Å². The Morgan fingerprint density at radius 3 is 3.11 bits per heavy atom. The third-order valence-corrected chi connectivity index (χ3v) is 4.22. The van der Waals surface area contributed by atoms with Crippen LogP contribution in [0, 0.1) is 5.92 Å². The van der Waals surface area contributed by atoms with Crippen molar-refractivity contribution in [1.29, 1.82) is 0 Å². The quantitative estimate of drug-likeness (QED) is 0.849. The van der Waals surface area contributed by atoms with Gasteiger partial charge in [-0.1, -0.05) is 0 Å². The molecule has 2 aliphatic heterocycles. The van der Waals surface area contributed by atoms with Gasteiger partial charge in [0.15, 0.2) is 5.82 Å². The molecule has 5 heteroatoms. The molecular formula is C14H22N4O. The second-order valence-electron chi connectivity index (χ2n) is 5.80. The molecule has 19 heavy (non-hydrogen) atoms. The number of aliphatic hydroxyl groups is 1. The van der Waals surface area contributed by atoms with Crippen LogP contribution in [0.4, 0.5) is 5.82 Å². The van der Waals surface area contributed by atoms with Gasteiger partial charge < -0.3 is 14.9 Å². The molecule has 1 aromatic rings. The van der Waals surface area contributed by atoms with Gasteiger partial charge in [0, 0.05) is 39.2 Å². The first-order valence-corrected chi connectivity index (χ1v) is 7.16. The van der Waals surface area contributed by atoms with E-state index in [0.29, 0.717) is 5.92 Å². The Bertz CT molecular complexity index is 451. The van der Waals surface area contributed by atoms with Crippen LogP contribution < -0.4 is 4.90 Å². The number of aliphatic hydroxyl groups excluding tert-OH is 1. The highest BCUT2D eigenvalue weighted by atomic mass is 16.3. The highest BCUT2D eigenvalue weighted by Gasteiger charge is 2.22. The summed E-state index contributed by atoms with van der Waals surface area (Å²) in [5.41, 5.74) is 2.46. The molecule has 1 saturated heterocycles. The summed E-state index contributed by atoms with van der Waals surface area (Å²) in [4.78, 5) is 4.59. The summed E-state index contributed by atoms with van der Waals surface area (Å²) in [6.45, 7) is 4.24.